The van der Waals surface area contributed by atoms with Gasteiger partial charge in [-0.05, 0) is 37.3 Å². The Hall–Kier alpha value is -0.940. The first kappa shape index (κ1) is 14.5. The molecule has 1 heterocycles. The van der Waals surface area contributed by atoms with Crippen molar-refractivity contribution in [1.82, 2.24) is 5.32 Å². The average molecular weight is 282 g/mol. The second kappa shape index (κ2) is 7.01. The van der Waals surface area contributed by atoms with Crippen LogP contribution in [0.25, 0.3) is 0 Å². The summed E-state index contributed by atoms with van der Waals surface area (Å²) in [7, 11) is 0. The van der Waals surface area contributed by atoms with Crippen LogP contribution in [-0.2, 0) is 6.54 Å². The molecule has 0 bridgehead atoms. The first-order valence-electron chi connectivity index (χ1n) is 7.09. The Morgan fingerprint density at radius 1 is 1.47 bits per heavy atom. The van der Waals surface area contributed by atoms with E-state index in [0.717, 1.165) is 29.8 Å². The lowest BCUT2D eigenvalue weighted by Gasteiger charge is -2.26. The maximum atomic E-state index is 10.6. The molecule has 2 rings (SSSR count). The molecule has 0 amide bonds. The third-order valence-corrected chi connectivity index (χ3v) is 4.94. The summed E-state index contributed by atoms with van der Waals surface area (Å²) >= 11 is 1.27. The maximum absolute atomic E-state index is 10.6. The molecule has 4 nitrogen and oxygen atoms in total. The van der Waals surface area contributed by atoms with Crippen LogP contribution in [0, 0.1) is 22.0 Å². The molecule has 1 aromatic heterocycles. The van der Waals surface area contributed by atoms with E-state index in [1.54, 1.807) is 6.07 Å². The largest absolute Gasteiger partial charge is 0.324 e. The summed E-state index contributed by atoms with van der Waals surface area (Å²) in [4.78, 5) is 11.3. The minimum Gasteiger partial charge on any atom is -0.312 e. The van der Waals surface area contributed by atoms with Crippen LogP contribution in [0.2, 0.25) is 0 Å². The molecule has 0 aromatic carbocycles. The first-order valence-corrected chi connectivity index (χ1v) is 7.90. The molecule has 0 radical (unpaired) electrons. The van der Waals surface area contributed by atoms with Crippen LogP contribution in [0.4, 0.5) is 5.00 Å². The van der Waals surface area contributed by atoms with E-state index in [9.17, 15) is 10.1 Å². The van der Waals surface area contributed by atoms with Crippen molar-refractivity contribution in [1.29, 1.82) is 0 Å². The minimum atomic E-state index is -0.322. The molecule has 0 spiro atoms. The van der Waals surface area contributed by atoms with Gasteiger partial charge in [0.15, 0.2) is 0 Å². The molecular weight excluding hydrogens is 260 g/mol. The molecule has 19 heavy (non-hydrogen) atoms. The van der Waals surface area contributed by atoms with Crippen molar-refractivity contribution in [2.24, 2.45) is 11.8 Å². The lowest BCUT2D eigenvalue weighted by molar-refractivity contribution is -0.380. The SMILES string of the molecule is CC1CCCC(CCNCc2ccc([N+](=O)[O-])s2)C1. The fourth-order valence-corrected chi connectivity index (χ4v) is 3.69. The summed E-state index contributed by atoms with van der Waals surface area (Å²) < 4.78 is 0. The number of nitro groups is 1. The molecule has 1 saturated carbocycles. The summed E-state index contributed by atoms with van der Waals surface area (Å²) in [6.45, 7) is 4.12. The highest BCUT2D eigenvalue weighted by Gasteiger charge is 2.18. The number of nitrogens with one attached hydrogen (secondary N) is 1. The molecule has 1 aliphatic carbocycles. The third-order valence-electron chi connectivity index (χ3n) is 3.90. The van der Waals surface area contributed by atoms with Crippen molar-refractivity contribution in [2.45, 2.75) is 45.6 Å². The Morgan fingerprint density at radius 3 is 3.00 bits per heavy atom. The molecule has 0 aliphatic heterocycles. The van der Waals surface area contributed by atoms with Crippen LogP contribution >= 0.6 is 11.3 Å². The lowest BCUT2D eigenvalue weighted by atomic mass is 9.81. The van der Waals surface area contributed by atoms with Crippen LogP contribution in [0.3, 0.4) is 0 Å². The van der Waals surface area contributed by atoms with E-state index in [0.29, 0.717) is 0 Å². The Bertz CT molecular complexity index is 419. The number of hydrogen-bond acceptors (Lipinski definition) is 4. The van der Waals surface area contributed by atoms with Crippen LogP contribution in [-0.4, -0.2) is 11.5 Å². The molecule has 1 aromatic rings. The summed E-state index contributed by atoms with van der Waals surface area (Å²) in [5.41, 5.74) is 0. The van der Waals surface area contributed by atoms with Gasteiger partial charge >= 0.3 is 5.00 Å². The number of rotatable bonds is 6. The minimum absolute atomic E-state index is 0.234. The van der Waals surface area contributed by atoms with E-state index in [2.05, 4.69) is 12.2 Å². The zero-order valence-corrected chi connectivity index (χ0v) is 12.2. The quantitative estimate of drug-likeness (QED) is 0.488. The predicted molar refractivity (Wildman–Crippen MR) is 78.4 cm³/mol. The first-order chi connectivity index (χ1) is 9.15. The second-order valence-corrected chi connectivity index (χ2v) is 6.75. The molecule has 1 aliphatic rings. The van der Waals surface area contributed by atoms with Gasteiger partial charge in [-0.25, -0.2) is 0 Å². The molecule has 0 saturated heterocycles. The summed E-state index contributed by atoms with van der Waals surface area (Å²) in [5.74, 6) is 1.76. The maximum Gasteiger partial charge on any atom is 0.324 e. The lowest BCUT2D eigenvalue weighted by Crippen LogP contribution is -2.20. The topological polar surface area (TPSA) is 55.2 Å². The molecular formula is C14H22N2O2S. The van der Waals surface area contributed by atoms with Crippen molar-refractivity contribution in [3.05, 3.63) is 27.1 Å². The van der Waals surface area contributed by atoms with Crippen LogP contribution < -0.4 is 5.32 Å². The van der Waals surface area contributed by atoms with E-state index in [-0.39, 0.29) is 9.92 Å². The number of hydrogen-bond donors (Lipinski definition) is 1. The van der Waals surface area contributed by atoms with Crippen molar-refractivity contribution >= 4 is 16.3 Å². The van der Waals surface area contributed by atoms with E-state index < -0.39 is 0 Å². The average Bonchev–Trinajstić information content (AvgIpc) is 2.84. The van der Waals surface area contributed by atoms with E-state index in [4.69, 9.17) is 0 Å². The Balaban J connectivity index is 1.64. The van der Waals surface area contributed by atoms with E-state index in [1.807, 2.05) is 6.07 Å². The Labute approximate surface area is 118 Å². The highest BCUT2D eigenvalue weighted by atomic mass is 32.1. The highest BCUT2D eigenvalue weighted by Crippen LogP contribution is 2.30. The van der Waals surface area contributed by atoms with Gasteiger partial charge in [0, 0.05) is 17.5 Å². The molecule has 1 N–H and O–H groups in total. The molecule has 5 heteroatoms. The molecule has 1 fully saturated rings. The van der Waals surface area contributed by atoms with Crippen molar-refractivity contribution in [3.8, 4) is 0 Å². The van der Waals surface area contributed by atoms with Crippen molar-refractivity contribution in [3.63, 3.8) is 0 Å². The van der Waals surface area contributed by atoms with Crippen LogP contribution in [0.15, 0.2) is 12.1 Å². The van der Waals surface area contributed by atoms with E-state index >= 15 is 0 Å². The third kappa shape index (κ3) is 4.58. The smallest absolute Gasteiger partial charge is 0.312 e. The molecule has 106 valence electrons. The van der Waals surface area contributed by atoms with Gasteiger partial charge in [-0.2, -0.15) is 0 Å². The van der Waals surface area contributed by atoms with Gasteiger partial charge < -0.3 is 5.32 Å². The van der Waals surface area contributed by atoms with Crippen molar-refractivity contribution < 1.29 is 4.92 Å². The van der Waals surface area contributed by atoms with Crippen molar-refractivity contribution in [2.75, 3.05) is 6.54 Å². The highest BCUT2D eigenvalue weighted by molar-refractivity contribution is 7.15. The standard InChI is InChI=1S/C14H22N2O2S/c1-11-3-2-4-12(9-11)7-8-15-10-13-5-6-14(19-13)16(17)18/h5-6,11-12,15H,2-4,7-10H2,1H3. The summed E-state index contributed by atoms with van der Waals surface area (Å²) in [5, 5.41) is 14.2. The van der Waals surface area contributed by atoms with Gasteiger partial charge in [0.1, 0.15) is 0 Å². The molecule has 2 atom stereocenters. The summed E-state index contributed by atoms with van der Waals surface area (Å²) in [6, 6.07) is 3.43. The van der Waals surface area contributed by atoms with Gasteiger partial charge in [0.25, 0.3) is 0 Å². The number of nitrogens with zero attached hydrogens (tertiary/aromatic N) is 1. The Kier molecular flexibility index (Phi) is 5.34. The monoisotopic (exact) mass is 282 g/mol. The van der Waals surface area contributed by atoms with Gasteiger partial charge in [0.2, 0.25) is 0 Å². The molecule has 2 unspecified atom stereocenters. The van der Waals surface area contributed by atoms with Gasteiger partial charge in [-0.3, -0.25) is 10.1 Å². The second-order valence-electron chi connectivity index (χ2n) is 5.60. The summed E-state index contributed by atoms with van der Waals surface area (Å²) in [6.07, 6.45) is 6.74. The normalized spacial score (nSPS) is 23.4. The predicted octanol–water partition coefficient (Wildman–Crippen LogP) is 3.96. The van der Waals surface area contributed by atoms with Gasteiger partial charge in [-0.1, -0.05) is 37.5 Å². The van der Waals surface area contributed by atoms with Crippen LogP contribution in [0.5, 0.6) is 0 Å². The van der Waals surface area contributed by atoms with Crippen LogP contribution in [0.1, 0.15) is 43.9 Å². The fourth-order valence-electron chi connectivity index (χ4n) is 2.90. The zero-order valence-electron chi connectivity index (χ0n) is 11.4. The fraction of sp³-hybridized carbons (Fsp3) is 0.714. The van der Waals surface area contributed by atoms with Gasteiger partial charge in [-0.15, -0.1) is 0 Å². The number of thiophene rings is 1. The van der Waals surface area contributed by atoms with Gasteiger partial charge in [0.05, 0.1) is 4.92 Å². The van der Waals surface area contributed by atoms with E-state index in [1.165, 1.54) is 43.4 Å². The Morgan fingerprint density at radius 2 is 2.32 bits per heavy atom. The zero-order chi connectivity index (χ0) is 13.7.